The van der Waals surface area contributed by atoms with E-state index in [2.05, 4.69) is 25.3 Å². The van der Waals surface area contributed by atoms with Gasteiger partial charge in [0.25, 0.3) is 0 Å². The summed E-state index contributed by atoms with van der Waals surface area (Å²) < 4.78 is 2.00. The summed E-state index contributed by atoms with van der Waals surface area (Å²) in [4.78, 5) is 30.2. The zero-order valence-electron chi connectivity index (χ0n) is 14.1. The zero-order chi connectivity index (χ0) is 18.3. The average molecular weight is 392 g/mol. The smallest absolute Gasteiger partial charge is 0.229 e. The lowest BCUT2D eigenvalue weighted by Gasteiger charge is -2.28. The number of carbonyl (C=O) groups is 1. The second kappa shape index (κ2) is 6.81. The summed E-state index contributed by atoms with van der Waals surface area (Å²) in [6.45, 7) is 1.97. The normalized spacial score (nSPS) is 20.4. The summed E-state index contributed by atoms with van der Waals surface area (Å²) in [5, 5.41) is 3.70. The molecule has 26 heavy (non-hydrogen) atoms. The van der Waals surface area contributed by atoms with Gasteiger partial charge >= 0.3 is 0 Å². The van der Waals surface area contributed by atoms with Gasteiger partial charge in [0.2, 0.25) is 11.2 Å². The number of fused-ring (bicyclic) bond motifs is 1. The van der Waals surface area contributed by atoms with Gasteiger partial charge in [-0.3, -0.25) is 4.79 Å². The molecule has 1 fully saturated rings. The fourth-order valence-electron chi connectivity index (χ4n) is 3.41. The van der Waals surface area contributed by atoms with Crippen molar-refractivity contribution in [3.05, 3.63) is 22.7 Å². The number of carbonyl (C=O) groups excluding carboxylic acids is 1. The van der Waals surface area contributed by atoms with E-state index in [1.165, 1.54) is 11.3 Å². The maximum absolute atomic E-state index is 12.5. The quantitative estimate of drug-likeness (QED) is 0.663. The molecular weight excluding hydrogens is 374 g/mol. The Kier molecular flexibility index (Phi) is 4.49. The molecule has 136 valence electrons. The van der Waals surface area contributed by atoms with Crippen LogP contribution in [0.1, 0.15) is 36.6 Å². The maximum Gasteiger partial charge on any atom is 0.229 e. The number of aromatic nitrogens is 5. The van der Waals surface area contributed by atoms with Crippen molar-refractivity contribution >= 4 is 51.0 Å². The number of nitrogens with one attached hydrogen (secondary N) is 1. The van der Waals surface area contributed by atoms with Gasteiger partial charge in [-0.15, -0.1) is 11.3 Å². The predicted octanol–water partition coefficient (Wildman–Crippen LogP) is 3.20. The van der Waals surface area contributed by atoms with E-state index in [9.17, 15) is 4.79 Å². The van der Waals surface area contributed by atoms with Gasteiger partial charge in [0.1, 0.15) is 5.52 Å². The van der Waals surface area contributed by atoms with Crippen molar-refractivity contribution in [2.45, 2.75) is 38.6 Å². The van der Waals surface area contributed by atoms with E-state index in [-0.39, 0.29) is 29.0 Å². The predicted molar refractivity (Wildman–Crippen MR) is 101 cm³/mol. The molecule has 1 aliphatic rings. The van der Waals surface area contributed by atoms with Crippen molar-refractivity contribution in [2.75, 3.05) is 11.1 Å². The lowest BCUT2D eigenvalue weighted by atomic mass is 9.85. The van der Waals surface area contributed by atoms with Gasteiger partial charge in [0.15, 0.2) is 16.6 Å². The lowest BCUT2D eigenvalue weighted by Crippen LogP contribution is -2.28. The number of nitrogens with two attached hydrogens (primary N) is 1. The van der Waals surface area contributed by atoms with Crippen LogP contribution >= 0.6 is 22.9 Å². The molecule has 0 aliphatic heterocycles. The number of hydrogen-bond acceptors (Lipinski definition) is 7. The van der Waals surface area contributed by atoms with Crippen molar-refractivity contribution in [3.63, 3.8) is 0 Å². The number of nitrogens with zero attached hydrogens (tertiary/aromatic N) is 5. The largest absolute Gasteiger partial charge is 0.382 e. The number of halogens is 1. The standard InChI is InChI=1S/C16H18ClN7OS/c1-8-6-19-16(26-8)23-14(25)9-2-4-10(5-3-9)24-7-20-11-12(18)21-15(17)22-13(11)24/h6-7,9-10H,2-5H2,1H3,(H2,18,21,22)(H,19,23,25)/t9-,10+. The first kappa shape index (κ1) is 17.2. The van der Waals surface area contributed by atoms with Crippen LogP contribution in [0.5, 0.6) is 0 Å². The number of nitrogen functional groups attached to an aromatic ring is 1. The highest BCUT2D eigenvalue weighted by Crippen LogP contribution is 2.35. The van der Waals surface area contributed by atoms with E-state index in [0.717, 1.165) is 30.6 Å². The van der Waals surface area contributed by atoms with Crippen molar-refractivity contribution < 1.29 is 4.79 Å². The average Bonchev–Trinajstić information content (AvgIpc) is 3.21. The highest BCUT2D eigenvalue weighted by molar-refractivity contribution is 7.15. The van der Waals surface area contributed by atoms with Gasteiger partial charge in [-0.05, 0) is 44.2 Å². The summed E-state index contributed by atoms with van der Waals surface area (Å²) in [6, 6.07) is 0.219. The fourth-order valence-corrected chi connectivity index (χ4v) is 4.25. The number of thiazole rings is 1. The summed E-state index contributed by atoms with van der Waals surface area (Å²) in [6.07, 6.45) is 6.82. The zero-order valence-corrected chi connectivity index (χ0v) is 15.7. The van der Waals surface area contributed by atoms with E-state index >= 15 is 0 Å². The molecule has 0 unspecified atom stereocenters. The molecule has 0 radical (unpaired) electrons. The number of aryl methyl sites for hydroxylation is 1. The highest BCUT2D eigenvalue weighted by Gasteiger charge is 2.29. The molecule has 0 atom stereocenters. The molecule has 0 aromatic carbocycles. The van der Waals surface area contributed by atoms with Gasteiger partial charge in [0, 0.05) is 23.0 Å². The minimum atomic E-state index is -0.00600. The molecule has 1 amide bonds. The number of hydrogen-bond donors (Lipinski definition) is 2. The highest BCUT2D eigenvalue weighted by atomic mass is 35.5. The molecule has 3 heterocycles. The molecule has 3 N–H and O–H groups in total. The van der Waals surface area contributed by atoms with E-state index in [4.69, 9.17) is 17.3 Å². The van der Waals surface area contributed by atoms with Crippen LogP contribution in [-0.2, 0) is 4.79 Å². The van der Waals surface area contributed by atoms with Crippen molar-refractivity contribution in [1.82, 2.24) is 24.5 Å². The third-order valence-electron chi connectivity index (χ3n) is 4.73. The molecule has 0 spiro atoms. The third kappa shape index (κ3) is 3.24. The maximum atomic E-state index is 12.5. The summed E-state index contributed by atoms with van der Waals surface area (Å²) in [5.41, 5.74) is 7.08. The van der Waals surface area contributed by atoms with Crippen LogP contribution in [0.15, 0.2) is 12.5 Å². The molecular formula is C16H18ClN7OS. The summed E-state index contributed by atoms with van der Waals surface area (Å²) >= 11 is 7.42. The third-order valence-corrected chi connectivity index (χ3v) is 5.73. The van der Waals surface area contributed by atoms with E-state index in [0.29, 0.717) is 16.3 Å². The molecule has 4 rings (SSSR count). The van der Waals surface area contributed by atoms with Crippen LogP contribution in [0, 0.1) is 12.8 Å². The molecule has 3 aromatic rings. The van der Waals surface area contributed by atoms with E-state index in [1.807, 2.05) is 11.5 Å². The van der Waals surface area contributed by atoms with Crippen LogP contribution < -0.4 is 11.1 Å². The first-order valence-corrected chi connectivity index (χ1v) is 9.59. The SMILES string of the molecule is Cc1cnc(NC(=O)[C@H]2CC[C@@H](n3cnc4c(N)nc(Cl)nc43)CC2)s1. The molecule has 8 nitrogen and oxygen atoms in total. The minimum Gasteiger partial charge on any atom is -0.382 e. The van der Waals surface area contributed by atoms with Crippen LogP contribution in [0.4, 0.5) is 10.9 Å². The van der Waals surface area contributed by atoms with Gasteiger partial charge in [0.05, 0.1) is 6.33 Å². The fraction of sp³-hybridized carbons (Fsp3) is 0.438. The molecule has 1 aliphatic carbocycles. The lowest BCUT2D eigenvalue weighted by molar-refractivity contribution is -0.120. The molecule has 0 bridgehead atoms. The van der Waals surface area contributed by atoms with Crippen molar-refractivity contribution in [1.29, 1.82) is 0 Å². The molecule has 0 saturated heterocycles. The van der Waals surface area contributed by atoms with Crippen LogP contribution in [0.3, 0.4) is 0 Å². The minimum absolute atomic E-state index is 0.00600. The Morgan fingerprint density at radius 1 is 1.31 bits per heavy atom. The number of anilines is 2. The second-order valence-electron chi connectivity index (χ2n) is 6.47. The molecule has 3 aromatic heterocycles. The molecule has 10 heteroatoms. The van der Waals surface area contributed by atoms with Gasteiger partial charge in [-0.2, -0.15) is 9.97 Å². The van der Waals surface area contributed by atoms with E-state index in [1.54, 1.807) is 12.5 Å². The van der Waals surface area contributed by atoms with Crippen LogP contribution in [-0.4, -0.2) is 30.4 Å². The van der Waals surface area contributed by atoms with Gasteiger partial charge in [-0.25, -0.2) is 9.97 Å². The second-order valence-corrected chi connectivity index (χ2v) is 8.05. The van der Waals surface area contributed by atoms with Crippen molar-refractivity contribution in [2.24, 2.45) is 5.92 Å². The van der Waals surface area contributed by atoms with Crippen LogP contribution in [0.25, 0.3) is 11.2 Å². The Balaban J connectivity index is 1.44. The van der Waals surface area contributed by atoms with E-state index < -0.39 is 0 Å². The number of rotatable bonds is 3. The van der Waals surface area contributed by atoms with Crippen molar-refractivity contribution in [3.8, 4) is 0 Å². The van der Waals surface area contributed by atoms with Gasteiger partial charge in [-0.1, -0.05) is 0 Å². The Morgan fingerprint density at radius 3 is 2.77 bits per heavy atom. The topological polar surface area (TPSA) is 112 Å². The Hall–Kier alpha value is -2.26. The number of amides is 1. The summed E-state index contributed by atoms with van der Waals surface area (Å²) in [7, 11) is 0. The summed E-state index contributed by atoms with van der Waals surface area (Å²) in [5.74, 6) is 0.321. The Labute approximate surface area is 158 Å². The Bertz CT molecular complexity index is 961. The Morgan fingerprint density at radius 2 is 2.08 bits per heavy atom. The number of imidazole rings is 1. The van der Waals surface area contributed by atoms with Crippen LogP contribution in [0.2, 0.25) is 5.28 Å². The first-order valence-electron chi connectivity index (χ1n) is 8.40. The van der Waals surface area contributed by atoms with Gasteiger partial charge < -0.3 is 15.6 Å². The molecule has 1 saturated carbocycles. The first-order chi connectivity index (χ1) is 12.5. The monoisotopic (exact) mass is 391 g/mol.